The van der Waals surface area contributed by atoms with E-state index < -0.39 is 17.4 Å². The number of carboxylic acids is 1. The number of carbonyl (C=O) groups is 1. The minimum atomic E-state index is -3.61. The van der Waals surface area contributed by atoms with Gasteiger partial charge in [-0.1, -0.05) is 23.7 Å². The second-order valence-corrected chi connectivity index (χ2v) is 3.95. The molecule has 0 aliphatic rings. The maximum absolute atomic E-state index is 13.3. The number of benzene rings is 1. The Bertz CT molecular complexity index is 420. The molecule has 1 atom stereocenters. The van der Waals surface area contributed by atoms with Crippen LogP contribution >= 0.6 is 11.6 Å². The standard InChI is InChI=1S/C10H10ClF2NO2/c1-9(12,13)10(14,8(15)16)6-3-2-4-7(11)5-6/h2-5H,14H2,1H3,(H,15,16). The highest BCUT2D eigenvalue weighted by Gasteiger charge is 2.54. The van der Waals surface area contributed by atoms with Crippen molar-refractivity contribution in [2.45, 2.75) is 18.4 Å². The molecule has 0 aliphatic heterocycles. The first-order valence-corrected chi connectivity index (χ1v) is 4.73. The monoisotopic (exact) mass is 249 g/mol. The van der Waals surface area contributed by atoms with Gasteiger partial charge in [-0.05, 0) is 17.7 Å². The predicted octanol–water partition coefficient (Wildman–Crippen LogP) is 2.23. The summed E-state index contributed by atoms with van der Waals surface area (Å²) in [5.74, 6) is -5.41. The SMILES string of the molecule is CC(F)(F)C(N)(C(=O)O)c1cccc(Cl)c1. The molecule has 0 amide bonds. The lowest BCUT2D eigenvalue weighted by Crippen LogP contribution is -2.57. The van der Waals surface area contributed by atoms with Crippen LogP contribution in [-0.2, 0) is 10.3 Å². The molecule has 0 radical (unpaired) electrons. The quantitative estimate of drug-likeness (QED) is 0.864. The minimum Gasteiger partial charge on any atom is -0.479 e. The molecule has 0 aromatic heterocycles. The molecule has 6 heteroatoms. The van der Waals surface area contributed by atoms with Gasteiger partial charge < -0.3 is 10.8 Å². The van der Waals surface area contributed by atoms with Gasteiger partial charge in [0, 0.05) is 11.9 Å². The highest BCUT2D eigenvalue weighted by molar-refractivity contribution is 6.30. The van der Waals surface area contributed by atoms with Gasteiger partial charge in [0.15, 0.2) is 0 Å². The van der Waals surface area contributed by atoms with Gasteiger partial charge in [0.2, 0.25) is 5.54 Å². The van der Waals surface area contributed by atoms with E-state index in [0.717, 1.165) is 6.07 Å². The number of hydrogen-bond acceptors (Lipinski definition) is 2. The topological polar surface area (TPSA) is 63.3 Å². The summed E-state index contributed by atoms with van der Waals surface area (Å²) < 4.78 is 26.6. The zero-order valence-electron chi connectivity index (χ0n) is 8.38. The van der Waals surface area contributed by atoms with E-state index in [1.54, 1.807) is 0 Å². The third-order valence-corrected chi connectivity index (χ3v) is 2.54. The number of halogens is 3. The second kappa shape index (κ2) is 3.99. The lowest BCUT2D eigenvalue weighted by Gasteiger charge is -2.31. The summed E-state index contributed by atoms with van der Waals surface area (Å²) in [4.78, 5) is 10.9. The Morgan fingerprint density at radius 3 is 2.44 bits per heavy atom. The van der Waals surface area contributed by atoms with Crippen LogP contribution in [-0.4, -0.2) is 17.0 Å². The van der Waals surface area contributed by atoms with Crippen molar-refractivity contribution in [3.63, 3.8) is 0 Å². The number of aliphatic carboxylic acids is 1. The highest BCUT2D eigenvalue weighted by Crippen LogP contribution is 2.36. The van der Waals surface area contributed by atoms with Crippen LogP contribution < -0.4 is 5.73 Å². The van der Waals surface area contributed by atoms with Crippen LogP contribution in [0, 0.1) is 0 Å². The third kappa shape index (κ3) is 2.01. The Kier molecular flexibility index (Phi) is 3.21. The van der Waals surface area contributed by atoms with Crippen LogP contribution in [0.2, 0.25) is 5.02 Å². The van der Waals surface area contributed by atoms with Crippen LogP contribution in [0.3, 0.4) is 0 Å². The lowest BCUT2D eigenvalue weighted by atomic mass is 9.85. The highest BCUT2D eigenvalue weighted by atomic mass is 35.5. The largest absolute Gasteiger partial charge is 0.479 e. The Hall–Kier alpha value is -1.20. The molecule has 1 aromatic rings. The molecule has 1 unspecified atom stereocenters. The van der Waals surface area contributed by atoms with Gasteiger partial charge in [0.1, 0.15) is 0 Å². The van der Waals surface area contributed by atoms with Crippen molar-refractivity contribution >= 4 is 17.6 Å². The first kappa shape index (κ1) is 12.9. The molecule has 3 nitrogen and oxygen atoms in total. The molecule has 0 heterocycles. The number of rotatable bonds is 3. The molecule has 0 fully saturated rings. The molecule has 16 heavy (non-hydrogen) atoms. The molecular formula is C10H10ClF2NO2. The number of carboxylic acid groups (broad SMARTS) is 1. The number of nitrogens with two attached hydrogens (primary N) is 1. The Morgan fingerprint density at radius 2 is 2.06 bits per heavy atom. The van der Waals surface area contributed by atoms with Gasteiger partial charge >= 0.3 is 5.97 Å². The zero-order valence-corrected chi connectivity index (χ0v) is 9.13. The predicted molar refractivity (Wildman–Crippen MR) is 55.6 cm³/mol. The lowest BCUT2D eigenvalue weighted by molar-refractivity contribution is -0.160. The van der Waals surface area contributed by atoms with Gasteiger partial charge in [0.25, 0.3) is 5.92 Å². The van der Waals surface area contributed by atoms with Crippen molar-refractivity contribution in [2.24, 2.45) is 5.73 Å². The Labute approximate surface area is 95.8 Å². The van der Waals surface area contributed by atoms with E-state index in [1.807, 2.05) is 0 Å². The number of alkyl halides is 2. The molecule has 88 valence electrons. The molecular weight excluding hydrogens is 240 g/mol. The fraction of sp³-hybridized carbons (Fsp3) is 0.300. The normalized spacial score (nSPS) is 15.6. The average Bonchev–Trinajstić information content (AvgIpc) is 2.14. The smallest absolute Gasteiger partial charge is 0.334 e. The molecule has 1 rings (SSSR count). The van der Waals surface area contributed by atoms with Gasteiger partial charge in [0.05, 0.1) is 0 Å². The van der Waals surface area contributed by atoms with E-state index in [1.165, 1.54) is 18.2 Å². The number of hydrogen-bond donors (Lipinski definition) is 2. The van der Waals surface area contributed by atoms with Crippen molar-refractivity contribution < 1.29 is 18.7 Å². The van der Waals surface area contributed by atoms with E-state index in [0.29, 0.717) is 6.92 Å². The van der Waals surface area contributed by atoms with Gasteiger partial charge in [-0.15, -0.1) is 0 Å². The van der Waals surface area contributed by atoms with Crippen LogP contribution in [0.5, 0.6) is 0 Å². The summed E-state index contributed by atoms with van der Waals surface area (Å²) in [7, 11) is 0. The molecule has 0 aliphatic carbocycles. The van der Waals surface area contributed by atoms with E-state index in [-0.39, 0.29) is 10.6 Å². The van der Waals surface area contributed by atoms with Crippen molar-refractivity contribution in [2.75, 3.05) is 0 Å². The summed E-state index contributed by atoms with van der Waals surface area (Å²) >= 11 is 5.61. The third-order valence-electron chi connectivity index (χ3n) is 2.31. The van der Waals surface area contributed by atoms with Gasteiger partial charge in [-0.3, -0.25) is 0 Å². The van der Waals surface area contributed by atoms with Crippen molar-refractivity contribution in [3.05, 3.63) is 34.9 Å². The minimum absolute atomic E-state index is 0.151. The van der Waals surface area contributed by atoms with E-state index in [9.17, 15) is 13.6 Å². The average molecular weight is 250 g/mol. The van der Waals surface area contributed by atoms with Gasteiger partial charge in [-0.25, -0.2) is 13.6 Å². The van der Waals surface area contributed by atoms with Crippen LogP contribution in [0.15, 0.2) is 24.3 Å². The van der Waals surface area contributed by atoms with Crippen molar-refractivity contribution in [1.29, 1.82) is 0 Å². The van der Waals surface area contributed by atoms with Crippen LogP contribution in [0.1, 0.15) is 12.5 Å². The fourth-order valence-corrected chi connectivity index (χ4v) is 1.49. The Morgan fingerprint density at radius 1 is 1.50 bits per heavy atom. The van der Waals surface area contributed by atoms with E-state index >= 15 is 0 Å². The summed E-state index contributed by atoms with van der Waals surface area (Å²) in [6.45, 7) is 0.460. The molecule has 0 saturated heterocycles. The molecule has 0 saturated carbocycles. The molecule has 3 N–H and O–H groups in total. The van der Waals surface area contributed by atoms with E-state index in [2.05, 4.69) is 0 Å². The molecule has 0 spiro atoms. The molecule has 1 aromatic carbocycles. The second-order valence-electron chi connectivity index (χ2n) is 3.51. The summed E-state index contributed by atoms with van der Waals surface area (Å²) in [5.41, 5.74) is 2.28. The van der Waals surface area contributed by atoms with Crippen molar-refractivity contribution in [1.82, 2.24) is 0 Å². The van der Waals surface area contributed by atoms with Crippen LogP contribution in [0.25, 0.3) is 0 Å². The zero-order chi connectivity index (χ0) is 12.6. The first-order valence-electron chi connectivity index (χ1n) is 4.35. The summed E-state index contributed by atoms with van der Waals surface area (Å²) in [5, 5.41) is 9.02. The van der Waals surface area contributed by atoms with Crippen LogP contribution in [0.4, 0.5) is 8.78 Å². The maximum Gasteiger partial charge on any atom is 0.334 e. The molecule has 0 bridgehead atoms. The summed E-state index contributed by atoms with van der Waals surface area (Å²) in [6.07, 6.45) is 0. The van der Waals surface area contributed by atoms with E-state index in [4.69, 9.17) is 22.4 Å². The van der Waals surface area contributed by atoms with Crippen molar-refractivity contribution in [3.8, 4) is 0 Å². The van der Waals surface area contributed by atoms with Gasteiger partial charge in [-0.2, -0.15) is 0 Å². The first-order chi connectivity index (χ1) is 7.19. The fourth-order valence-electron chi connectivity index (χ4n) is 1.30. The Balaban J connectivity index is 3.39. The summed E-state index contributed by atoms with van der Waals surface area (Å²) in [6, 6.07) is 5.14. The maximum atomic E-state index is 13.3.